The standard InChI is InChI=1S/2C25H24N2.C24H24N2O/c2*1-14(2)16-7-9-20-17(11-16)5-6-18-13-22-19(12-21(18)20)8-10-23-24(22)27-25(26-23)15(3)4;1-13(2)15-5-7-18-17(9-15)12-27-22-11-19-16(10-20(18)22)6-8-21-23(19)26-24(25-21)14(3)4/h2*5-15H,1-4H3,(H,26,27);5-11,13-14H,12H2,1-4H3,(H,25,26). The number of H-pyrrole nitrogens is 3. The van der Waals surface area contributed by atoms with Crippen LogP contribution in [0.1, 0.15) is 158 Å². The van der Waals surface area contributed by atoms with Crippen LogP contribution in [0.5, 0.6) is 5.75 Å². The summed E-state index contributed by atoms with van der Waals surface area (Å²) in [4.78, 5) is 25.0. The van der Waals surface area contributed by atoms with Crippen LogP contribution in [-0.4, -0.2) is 29.9 Å². The van der Waals surface area contributed by atoms with E-state index in [1.165, 1.54) is 103 Å². The van der Waals surface area contributed by atoms with Gasteiger partial charge in [-0.15, -0.1) is 0 Å². The Balaban J connectivity index is 0.000000114. The van der Waals surface area contributed by atoms with Crippen molar-refractivity contribution in [3.05, 3.63) is 191 Å². The maximum atomic E-state index is 6.16. The Morgan fingerprint density at radius 2 is 0.654 bits per heavy atom. The lowest BCUT2D eigenvalue weighted by atomic mass is 9.91. The molecule has 15 rings (SSSR count). The summed E-state index contributed by atoms with van der Waals surface area (Å²) in [6, 6.07) is 56.2. The molecule has 0 aliphatic carbocycles. The van der Waals surface area contributed by atoms with Gasteiger partial charge >= 0.3 is 0 Å². The molecule has 1 aliphatic heterocycles. The molecule has 0 bridgehead atoms. The van der Waals surface area contributed by atoms with Crippen LogP contribution in [0.25, 0.3) is 120 Å². The summed E-state index contributed by atoms with van der Waals surface area (Å²) < 4.78 is 6.16. The molecule has 11 aromatic carbocycles. The summed E-state index contributed by atoms with van der Waals surface area (Å²) in [6.07, 6.45) is 0. The van der Waals surface area contributed by atoms with Gasteiger partial charge < -0.3 is 19.7 Å². The first kappa shape index (κ1) is 51.9. The minimum Gasteiger partial charge on any atom is -0.488 e. The number of nitrogens with one attached hydrogen (secondary N) is 3. The van der Waals surface area contributed by atoms with Gasteiger partial charge in [-0.25, -0.2) is 15.0 Å². The molecule has 3 aromatic heterocycles. The highest BCUT2D eigenvalue weighted by Crippen LogP contribution is 2.43. The fraction of sp³-hybridized carbons (Fsp3) is 0.257. The van der Waals surface area contributed by atoms with Crippen LogP contribution in [0.2, 0.25) is 0 Å². The first-order valence-corrected chi connectivity index (χ1v) is 29.3. The molecule has 7 heteroatoms. The van der Waals surface area contributed by atoms with Crippen molar-refractivity contribution in [2.24, 2.45) is 0 Å². The summed E-state index contributed by atoms with van der Waals surface area (Å²) >= 11 is 0. The van der Waals surface area contributed by atoms with Crippen LogP contribution >= 0.6 is 0 Å². The lowest BCUT2D eigenvalue weighted by molar-refractivity contribution is 0.302. The third-order valence-electron chi connectivity index (χ3n) is 17.0. The number of ether oxygens (including phenoxy) is 1. The van der Waals surface area contributed by atoms with Gasteiger partial charge in [-0.3, -0.25) is 0 Å². The van der Waals surface area contributed by atoms with Gasteiger partial charge in [0.2, 0.25) is 0 Å². The normalized spacial score (nSPS) is 12.7. The van der Waals surface area contributed by atoms with E-state index >= 15 is 0 Å². The lowest BCUT2D eigenvalue weighted by Crippen LogP contribution is -2.06. The van der Waals surface area contributed by atoms with Crippen LogP contribution in [0.3, 0.4) is 0 Å². The fourth-order valence-corrected chi connectivity index (χ4v) is 12.0. The van der Waals surface area contributed by atoms with E-state index in [1.54, 1.807) is 0 Å². The number of benzene rings is 11. The topological polar surface area (TPSA) is 95.3 Å². The smallest absolute Gasteiger partial charge is 0.128 e. The molecule has 0 fully saturated rings. The van der Waals surface area contributed by atoms with Crippen molar-refractivity contribution >= 4 is 109 Å². The summed E-state index contributed by atoms with van der Waals surface area (Å²) in [5.74, 6) is 6.87. The Kier molecular flexibility index (Phi) is 12.9. The minimum atomic E-state index is 0.378. The molecular formula is C74H72N6O. The van der Waals surface area contributed by atoms with E-state index in [9.17, 15) is 0 Å². The zero-order valence-corrected chi connectivity index (χ0v) is 48.9. The summed E-state index contributed by atoms with van der Waals surface area (Å²) in [7, 11) is 0. The van der Waals surface area contributed by atoms with Gasteiger partial charge in [-0.2, -0.15) is 0 Å². The number of aromatic nitrogens is 6. The molecule has 0 unspecified atom stereocenters. The number of aromatic amines is 3. The molecule has 81 heavy (non-hydrogen) atoms. The highest BCUT2D eigenvalue weighted by molar-refractivity contribution is 6.18. The molecular weight excluding hydrogens is 989 g/mol. The Hall–Kier alpha value is -8.55. The van der Waals surface area contributed by atoms with Crippen LogP contribution in [0, 0.1) is 0 Å². The monoisotopic (exact) mass is 1060 g/mol. The van der Waals surface area contributed by atoms with Crippen LogP contribution in [-0.2, 0) is 6.61 Å². The first-order valence-electron chi connectivity index (χ1n) is 29.3. The Bertz CT molecular complexity index is 4580. The van der Waals surface area contributed by atoms with Gasteiger partial charge in [-0.1, -0.05) is 180 Å². The zero-order chi connectivity index (χ0) is 56.1. The third-order valence-corrected chi connectivity index (χ3v) is 17.0. The average molecular weight is 1060 g/mol. The number of rotatable bonds is 6. The van der Waals surface area contributed by atoms with Crippen molar-refractivity contribution in [3.8, 4) is 16.9 Å². The molecule has 1 aliphatic rings. The summed E-state index contributed by atoms with van der Waals surface area (Å²) in [5, 5.41) is 17.7. The fourth-order valence-electron chi connectivity index (χ4n) is 12.0. The Morgan fingerprint density at radius 1 is 0.309 bits per heavy atom. The molecule has 404 valence electrons. The SMILES string of the molecule is CC(C)c1ccc2c(c1)COc1cc3c(ccc4[nH]c(C(C)C)nc43)cc1-2.CC(C)c1ccc2c(ccc3cc4c(ccc5[nH]c(C(C)C)nc54)cc32)c1.CC(C)c1ccc2c(ccc3cc4c(ccc5[nH]c(C(C)C)nc54)cc32)c1. The van der Waals surface area contributed by atoms with Gasteiger partial charge in [0, 0.05) is 39.5 Å². The summed E-state index contributed by atoms with van der Waals surface area (Å²) in [5.41, 5.74) is 14.4. The predicted octanol–water partition coefficient (Wildman–Crippen LogP) is 21.1. The second kappa shape index (κ2) is 20.2. The Labute approximate surface area is 474 Å². The minimum absolute atomic E-state index is 0.378. The maximum absolute atomic E-state index is 6.16. The molecule has 0 amide bonds. The molecule has 0 saturated carbocycles. The van der Waals surface area contributed by atoms with E-state index in [-0.39, 0.29) is 0 Å². The largest absolute Gasteiger partial charge is 0.488 e. The van der Waals surface area contributed by atoms with E-state index in [1.807, 2.05) is 0 Å². The molecule has 3 N–H and O–H groups in total. The molecule has 0 saturated heterocycles. The van der Waals surface area contributed by atoms with Crippen LogP contribution < -0.4 is 4.74 Å². The first-order chi connectivity index (χ1) is 39.0. The number of hydrogen-bond acceptors (Lipinski definition) is 4. The van der Waals surface area contributed by atoms with Gasteiger partial charge in [0.25, 0.3) is 0 Å². The van der Waals surface area contributed by atoms with Crippen molar-refractivity contribution in [2.45, 2.75) is 125 Å². The molecule has 0 spiro atoms. The lowest BCUT2D eigenvalue weighted by Gasteiger charge is -2.23. The second-order valence-electron chi connectivity index (χ2n) is 24.6. The number of nitrogens with zero attached hydrogens (tertiary/aromatic N) is 3. The predicted molar refractivity (Wildman–Crippen MR) is 345 cm³/mol. The van der Waals surface area contributed by atoms with Gasteiger partial charge in [0.1, 0.15) is 29.8 Å². The maximum Gasteiger partial charge on any atom is 0.128 e. The van der Waals surface area contributed by atoms with Crippen molar-refractivity contribution in [1.82, 2.24) is 29.9 Å². The van der Waals surface area contributed by atoms with Gasteiger partial charge in [0.15, 0.2) is 0 Å². The molecule has 7 nitrogen and oxygen atoms in total. The van der Waals surface area contributed by atoms with Gasteiger partial charge in [-0.05, 0) is 159 Å². The molecule has 14 aromatic rings. The van der Waals surface area contributed by atoms with Crippen LogP contribution in [0.4, 0.5) is 0 Å². The van der Waals surface area contributed by atoms with E-state index in [4.69, 9.17) is 19.7 Å². The number of hydrogen-bond donors (Lipinski definition) is 3. The summed E-state index contributed by atoms with van der Waals surface area (Å²) in [6.45, 7) is 27.1. The van der Waals surface area contributed by atoms with Crippen molar-refractivity contribution < 1.29 is 4.74 Å². The van der Waals surface area contributed by atoms with E-state index in [0.717, 1.165) is 61.7 Å². The zero-order valence-electron chi connectivity index (χ0n) is 48.9. The van der Waals surface area contributed by atoms with E-state index < -0.39 is 0 Å². The highest BCUT2D eigenvalue weighted by atomic mass is 16.5. The highest BCUT2D eigenvalue weighted by Gasteiger charge is 2.21. The average Bonchev–Trinajstić information content (AvgIpc) is 4.42. The molecule has 4 heterocycles. The quantitative estimate of drug-likeness (QED) is 0.114. The van der Waals surface area contributed by atoms with Crippen molar-refractivity contribution in [2.75, 3.05) is 0 Å². The van der Waals surface area contributed by atoms with E-state index in [2.05, 4.69) is 250 Å². The second-order valence-corrected chi connectivity index (χ2v) is 24.6. The molecule has 0 atom stereocenters. The number of imidazole rings is 3. The van der Waals surface area contributed by atoms with Crippen molar-refractivity contribution in [3.63, 3.8) is 0 Å². The number of fused-ring (bicyclic) bond motifs is 18. The molecule has 0 radical (unpaired) electrons. The van der Waals surface area contributed by atoms with E-state index in [0.29, 0.717) is 42.1 Å². The van der Waals surface area contributed by atoms with Crippen molar-refractivity contribution in [1.29, 1.82) is 0 Å². The third kappa shape index (κ3) is 9.30. The van der Waals surface area contributed by atoms with Gasteiger partial charge in [0.05, 0.1) is 33.1 Å². The van der Waals surface area contributed by atoms with Crippen LogP contribution in [0.15, 0.2) is 152 Å². The Morgan fingerprint density at radius 3 is 1.07 bits per heavy atom.